The lowest BCUT2D eigenvalue weighted by molar-refractivity contribution is 0.0215. The van der Waals surface area contributed by atoms with Crippen LogP contribution in [0, 0.1) is 5.82 Å². The van der Waals surface area contributed by atoms with Crippen LogP contribution in [-0.2, 0) is 11.3 Å². The highest BCUT2D eigenvalue weighted by atomic mass is 19.1. The zero-order chi connectivity index (χ0) is 17.1. The second-order valence-electron chi connectivity index (χ2n) is 5.59. The lowest BCUT2D eigenvalue weighted by Crippen LogP contribution is -2.38. The maximum absolute atomic E-state index is 13.2. The molecule has 0 spiro atoms. The first kappa shape index (κ1) is 16.4. The van der Waals surface area contributed by atoms with Crippen LogP contribution in [0.15, 0.2) is 34.9 Å². The monoisotopic (exact) mass is 335 g/mol. The SMILES string of the molecule is CO[C@H]1CN(C(=O)NCc2cc(-c3cccc(F)c3)no2)C[C@@H]1O. The number of carbonyl (C=O) groups is 1. The number of β-amino-alcohol motifs (C(OH)–C–C–N with tert-alkyl or cyclic N) is 1. The number of carbonyl (C=O) groups excluding carboxylic acids is 1. The molecule has 0 unspecified atom stereocenters. The van der Waals surface area contributed by atoms with Gasteiger partial charge in [-0.05, 0) is 12.1 Å². The number of methoxy groups -OCH3 is 1. The van der Waals surface area contributed by atoms with Gasteiger partial charge in [0.05, 0.1) is 25.7 Å². The van der Waals surface area contributed by atoms with E-state index in [0.717, 1.165) is 0 Å². The molecule has 0 saturated carbocycles. The molecule has 24 heavy (non-hydrogen) atoms. The fourth-order valence-electron chi connectivity index (χ4n) is 2.61. The van der Waals surface area contributed by atoms with Crippen molar-refractivity contribution in [1.29, 1.82) is 0 Å². The molecule has 8 heteroatoms. The number of likely N-dealkylation sites (tertiary alicyclic amines) is 1. The third-order valence-corrected chi connectivity index (χ3v) is 3.92. The van der Waals surface area contributed by atoms with Crippen molar-refractivity contribution < 1.29 is 23.6 Å². The van der Waals surface area contributed by atoms with Gasteiger partial charge in [0, 0.05) is 18.7 Å². The first-order valence-corrected chi connectivity index (χ1v) is 7.52. The molecule has 2 amide bonds. The van der Waals surface area contributed by atoms with Crippen LogP contribution in [0.25, 0.3) is 11.3 Å². The third kappa shape index (κ3) is 3.55. The summed E-state index contributed by atoms with van der Waals surface area (Å²) < 4.78 is 23.5. The Hall–Kier alpha value is -2.45. The zero-order valence-corrected chi connectivity index (χ0v) is 13.1. The summed E-state index contributed by atoms with van der Waals surface area (Å²) in [6.45, 7) is 0.690. The van der Waals surface area contributed by atoms with Crippen molar-refractivity contribution in [3.63, 3.8) is 0 Å². The van der Waals surface area contributed by atoms with Crippen LogP contribution in [0.4, 0.5) is 9.18 Å². The minimum atomic E-state index is -0.689. The van der Waals surface area contributed by atoms with Crippen molar-refractivity contribution >= 4 is 6.03 Å². The maximum Gasteiger partial charge on any atom is 0.317 e. The van der Waals surface area contributed by atoms with Gasteiger partial charge in [0.1, 0.15) is 17.6 Å². The number of aromatic nitrogens is 1. The molecule has 2 N–H and O–H groups in total. The molecule has 7 nitrogen and oxygen atoms in total. The predicted octanol–water partition coefficient (Wildman–Crippen LogP) is 1.38. The topological polar surface area (TPSA) is 87.8 Å². The van der Waals surface area contributed by atoms with Gasteiger partial charge in [-0.15, -0.1) is 0 Å². The first-order chi connectivity index (χ1) is 11.6. The van der Waals surface area contributed by atoms with E-state index < -0.39 is 6.10 Å². The Kier molecular flexibility index (Phi) is 4.77. The number of urea groups is 1. The minimum Gasteiger partial charge on any atom is -0.388 e. The Morgan fingerprint density at radius 3 is 3.04 bits per heavy atom. The standard InChI is InChI=1S/C16H18FN3O4/c1-23-15-9-20(8-14(15)21)16(22)18-7-12-6-13(19-24-12)10-3-2-4-11(17)5-10/h2-6,14-15,21H,7-9H2,1H3,(H,18,22)/t14-,15-/m0/s1. The molecule has 0 bridgehead atoms. The molecule has 1 saturated heterocycles. The van der Waals surface area contributed by atoms with Crippen molar-refractivity contribution in [2.24, 2.45) is 0 Å². The van der Waals surface area contributed by atoms with E-state index in [1.807, 2.05) is 0 Å². The van der Waals surface area contributed by atoms with Crippen molar-refractivity contribution in [3.05, 3.63) is 41.9 Å². The van der Waals surface area contributed by atoms with E-state index in [-0.39, 0.29) is 31.0 Å². The van der Waals surface area contributed by atoms with E-state index in [4.69, 9.17) is 9.26 Å². The van der Waals surface area contributed by atoms with Crippen molar-refractivity contribution in [2.75, 3.05) is 20.2 Å². The summed E-state index contributed by atoms with van der Waals surface area (Å²) in [5, 5.41) is 16.3. The van der Waals surface area contributed by atoms with E-state index in [1.165, 1.54) is 24.1 Å². The largest absolute Gasteiger partial charge is 0.388 e. The second kappa shape index (κ2) is 6.98. The minimum absolute atomic E-state index is 0.144. The number of halogens is 1. The highest BCUT2D eigenvalue weighted by molar-refractivity contribution is 5.74. The summed E-state index contributed by atoms with van der Waals surface area (Å²) in [4.78, 5) is 13.6. The van der Waals surface area contributed by atoms with E-state index in [9.17, 15) is 14.3 Å². The fraction of sp³-hybridized carbons (Fsp3) is 0.375. The smallest absolute Gasteiger partial charge is 0.317 e. The quantitative estimate of drug-likeness (QED) is 0.881. The van der Waals surface area contributed by atoms with Crippen molar-refractivity contribution in [2.45, 2.75) is 18.8 Å². The Labute approximate surface area is 138 Å². The van der Waals surface area contributed by atoms with Crippen molar-refractivity contribution in [1.82, 2.24) is 15.4 Å². The van der Waals surface area contributed by atoms with Crippen LogP contribution in [0.3, 0.4) is 0 Å². The molecular weight excluding hydrogens is 317 g/mol. The number of nitrogens with zero attached hydrogens (tertiary/aromatic N) is 2. The number of rotatable bonds is 4. The van der Waals surface area contributed by atoms with Gasteiger partial charge in [0.25, 0.3) is 0 Å². The van der Waals surface area contributed by atoms with Gasteiger partial charge in [-0.2, -0.15) is 0 Å². The molecule has 1 aromatic carbocycles. The van der Waals surface area contributed by atoms with Gasteiger partial charge in [-0.25, -0.2) is 9.18 Å². The molecule has 1 aliphatic heterocycles. The van der Waals surface area contributed by atoms with E-state index in [0.29, 0.717) is 23.6 Å². The average molecular weight is 335 g/mol. The van der Waals surface area contributed by atoms with Gasteiger partial charge < -0.3 is 24.6 Å². The number of ether oxygens (including phenoxy) is 1. The maximum atomic E-state index is 13.2. The molecule has 0 radical (unpaired) electrons. The molecule has 2 aromatic rings. The predicted molar refractivity (Wildman–Crippen MR) is 82.5 cm³/mol. The Balaban J connectivity index is 1.57. The molecule has 0 aliphatic carbocycles. The van der Waals surface area contributed by atoms with Crippen LogP contribution >= 0.6 is 0 Å². The molecule has 3 rings (SSSR count). The number of hydrogen-bond acceptors (Lipinski definition) is 5. The fourth-order valence-corrected chi connectivity index (χ4v) is 2.61. The molecule has 1 aliphatic rings. The molecule has 128 valence electrons. The Morgan fingerprint density at radius 2 is 2.33 bits per heavy atom. The molecule has 1 fully saturated rings. The number of hydrogen-bond donors (Lipinski definition) is 2. The average Bonchev–Trinajstić information content (AvgIpc) is 3.19. The van der Waals surface area contributed by atoms with E-state index >= 15 is 0 Å². The van der Waals surface area contributed by atoms with Gasteiger partial charge in [0.15, 0.2) is 5.76 Å². The highest BCUT2D eigenvalue weighted by Crippen LogP contribution is 2.20. The molecule has 1 aromatic heterocycles. The first-order valence-electron chi connectivity index (χ1n) is 7.52. The number of benzene rings is 1. The second-order valence-corrected chi connectivity index (χ2v) is 5.59. The highest BCUT2D eigenvalue weighted by Gasteiger charge is 2.33. The summed E-state index contributed by atoms with van der Waals surface area (Å²) in [5.74, 6) is 0.0938. The van der Waals surface area contributed by atoms with Crippen molar-refractivity contribution in [3.8, 4) is 11.3 Å². The summed E-state index contributed by atoms with van der Waals surface area (Å²) in [6.07, 6.45) is -1.06. The van der Waals surface area contributed by atoms with Gasteiger partial charge in [-0.3, -0.25) is 0 Å². The van der Waals surface area contributed by atoms with Crippen LogP contribution < -0.4 is 5.32 Å². The normalized spacial score (nSPS) is 20.4. The summed E-state index contributed by atoms with van der Waals surface area (Å²) in [7, 11) is 1.50. The molecular formula is C16H18FN3O4. The lowest BCUT2D eigenvalue weighted by Gasteiger charge is -2.15. The van der Waals surface area contributed by atoms with Crippen LogP contribution in [0.2, 0.25) is 0 Å². The van der Waals surface area contributed by atoms with Gasteiger partial charge >= 0.3 is 6.03 Å². The Morgan fingerprint density at radius 1 is 1.50 bits per heavy atom. The van der Waals surface area contributed by atoms with Gasteiger partial charge in [0.2, 0.25) is 0 Å². The van der Waals surface area contributed by atoms with E-state index in [2.05, 4.69) is 10.5 Å². The lowest BCUT2D eigenvalue weighted by atomic mass is 10.1. The zero-order valence-electron chi connectivity index (χ0n) is 13.1. The number of nitrogens with one attached hydrogen (secondary N) is 1. The summed E-state index contributed by atoms with van der Waals surface area (Å²) >= 11 is 0. The molecule has 2 atom stereocenters. The van der Waals surface area contributed by atoms with Crippen LogP contribution in [0.5, 0.6) is 0 Å². The van der Waals surface area contributed by atoms with Crippen LogP contribution in [-0.4, -0.2) is 53.6 Å². The number of aliphatic hydroxyl groups excluding tert-OH is 1. The third-order valence-electron chi connectivity index (χ3n) is 3.92. The van der Waals surface area contributed by atoms with E-state index in [1.54, 1.807) is 18.2 Å². The number of amides is 2. The number of aliphatic hydroxyl groups is 1. The Bertz CT molecular complexity index is 721. The molecule has 2 heterocycles. The van der Waals surface area contributed by atoms with Gasteiger partial charge in [-0.1, -0.05) is 17.3 Å². The summed E-state index contributed by atoms with van der Waals surface area (Å²) in [6, 6.07) is 7.34. The van der Waals surface area contributed by atoms with Crippen LogP contribution in [0.1, 0.15) is 5.76 Å². The summed E-state index contributed by atoms with van der Waals surface area (Å²) in [5.41, 5.74) is 1.09.